The highest BCUT2D eigenvalue weighted by Gasteiger charge is 2.48. The molecule has 88 valence electrons. The number of rotatable bonds is 4. The highest BCUT2D eigenvalue weighted by atomic mass is 16.5. The molecular formula is C12H23NO2. The summed E-state index contributed by atoms with van der Waals surface area (Å²) in [6, 6.07) is 0.613. The van der Waals surface area contributed by atoms with E-state index in [4.69, 9.17) is 9.47 Å². The van der Waals surface area contributed by atoms with Crippen molar-refractivity contribution in [2.24, 2.45) is 11.3 Å². The van der Waals surface area contributed by atoms with Gasteiger partial charge in [0.05, 0.1) is 19.3 Å². The van der Waals surface area contributed by atoms with Crippen molar-refractivity contribution in [1.29, 1.82) is 0 Å². The lowest BCUT2D eigenvalue weighted by molar-refractivity contribution is -0.124. The molecule has 0 bridgehead atoms. The lowest BCUT2D eigenvalue weighted by atomic mass is 9.64. The first-order valence-corrected chi connectivity index (χ1v) is 6.01. The summed E-state index contributed by atoms with van der Waals surface area (Å²) >= 11 is 0. The van der Waals surface area contributed by atoms with Gasteiger partial charge in [-0.3, -0.25) is 0 Å². The van der Waals surface area contributed by atoms with E-state index in [9.17, 15) is 0 Å². The molecule has 1 saturated heterocycles. The molecule has 2 aliphatic rings. The summed E-state index contributed by atoms with van der Waals surface area (Å²) < 4.78 is 11.3. The van der Waals surface area contributed by atoms with Crippen molar-refractivity contribution in [3.8, 4) is 0 Å². The quantitative estimate of drug-likeness (QED) is 0.766. The average Bonchev–Trinajstić information content (AvgIpc) is 2.69. The number of hydrogen-bond donors (Lipinski definition) is 1. The fourth-order valence-corrected chi connectivity index (χ4v) is 2.63. The van der Waals surface area contributed by atoms with Crippen molar-refractivity contribution in [1.82, 2.24) is 5.32 Å². The fraction of sp³-hybridized carbons (Fsp3) is 1.00. The van der Waals surface area contributed by atoms with Gasteiger partial charge in [-0.15, -0.1) is 0 Å². The maximum absolute atomic E-state index is 5.99. The van der Waals surface area contributed by atoms with Crippen LogP contribution in [0.1, 0.15) is 26.7 Å². The second-order valence-electron chi connectivity index (χ2n) is 5.45. The summed E-state index contributed by atoms with van der Waals surface area (Å²) in [6.45, 7) is 7.26. The highest BCUT2D eigenvalue weighted by Crippen LogP contribution is 2.42. The van der Waals surface area contributed by atoms with E-state index in [1.54, 1.807) is 0 Å². The number of nitrogens with one attached hydrogen (secondary N) is 1. The van der Waals surface area contributed by atoms with Crippen molar-refractivity contribution in [2.45, 2.75) is 38.8 Å². The van der Waals surface area contributed by atoms with E-state index in [-0.39, 0.29) is 5.41 Å². The maximum atomic E-state index is 5.99. The zero-order valence-electron chi connectivity index (χ0n) is 10.1. The summed E-state index contributed by atoms with van der Waals surface area (Å²) in [5.74, 6) is 0.634. The molecule has 1 N–H and O–H groups in total. The van der Waals surface area contributed by atoms with Gasteiger partial charge >= 0.3 is 0 Å². The smallest absolute Gasteiger partial charge is 0.0656 e. The number of hydrogen-bond acceptors (Lipinski definition) is 3. The Labute approximate surface area is 92.5 Å². The van der Waals surface area contributed by atoms with E-state index in [0.29, 0.717) is 18.1 Å². The van der Waals surface area contributed by atoms with Gasteiger partial charge < -0.3 is 14.8 Å². The third kappa shape index (κ3) is 2.19. The molecule has 0 aromatic rings. The van der Waals surface area contributed by atoms with Gasteiger partial charge in [0, 0.05) is 24.0 Å². The van der Waals surface area contributed by atoms with E-state index in [1.807, 2.05) is 7.05 Å². The first-order chi connectivity index (χ1) is 7.14. The Hall–Kier alpha value is -0.120. The van der Waals surface area contributed by atoms with Gasteiger partial charge in [0.2, 0.25) is 0 Å². The van der Waals surface area contributed by atoms with Gasteiger partial charge in [0.15, 0.2) is 0 Å². The highest BCUT2D eigenvalue weighted by molar-refractivity contribution is 5.02. The molecule has 3 atom stereocenters. The van der Waals surface area contributed by atoms with E-state index < -0.39 is 0 Å². The van der Waals surface area contributed by atoms with Crippen LogP contribution in [0, 0.1) is 11.3 Å². The van der Waals surface area contributed by atoms with Crippen molar-refractivity contribution in [3.63, 3.8) is 0 Å². The minimum atomic E-state index is 0.286. The largest absolute Gasteiger partial charge is 0.381 e. The number of ether oxygens (including phenoxy) is 2. The zero-order valence-corrected chi connectivity index (χ0v) is 10.1. The normalized spacial score (nSPS) is 39.0. The lowest BCUT2D eigenvalue weighted by Gasteiger charge is -2.51. The van der Waals surface area contributed by atoms with Crippen LogP contribution in [0.5, 0.6) is 0 Å². The molecule has 1 aliphatic heterocycles. The molecule has 15 heavy (non-hydrogen) atoms. The summed E-state index contributed by atoms with van der Waals surface area (Å²) in [5.41, 5.74) is 0.286. The molecule has 1 saturated carbocycles. The van der Waals surface area contributed by atoms with Crippen LogP contribution in [0.25, 0.3) is 0 Å². The van der Waals surface area contributed by atoms with Crippen LogP contribution in [0.4, 0.5) is 0 Å². The molecule has 0 spiro atoms. The second-order valence-corrected chi connectivity index (χ2v) is 5.45. The van der Waals surface area contributed by atoms with Crippen LogP contribution < -0.4 is 5.32 Å². The predicted octanol–water partition coefficient (Wildman–Crippen LogP) is 1.43. The Morgan fingerprint density at radius 2 is 2.27 bits per heavy atom. The Balaban J connectivity index is 1.72. The van der Waals surface area contributed by atoms with Gasteiger partial charge in [0.1, 0.15) is 0 Å². The maximum Gasteiger partial charge on any atom is 0.0656 e. The van der Waals surface area contributed by atoms with E-state index in [0.717, 1.165) is 26.2 Å². The van der Waals surface area contributed by atoms with Crippen LogP contribution in [-0.2, 0) is 9.47 Å². The molecule has 3 heteroatoms. The molecule has 0 aromatic heterocycles. The van der Waals surface area contributed by atoms with Crippen molar-refractivity contribution in [2.75, 3.05) is 26.9 Å². The minimum absolute atomic E-state index is 0.286. The van der Waals surface area contributed by atoms with Crippen molar-refractivity contribution >= 4 is 0 Å². The van der Waals surface area contributed by atoms with Crippen LogP contribution in [-0.4, -0.2) is 39.0 Å². The molecule has 1 heterocycles. The summed E-state index contributed by atoms with van der Waals surface area (Å²) in [6.07, 6.45) is 2.75. The Morgan fingerprint density at radius 1 is 1.47 bits per heavy atom. The van der Waals surface area contributed by atoms with Gasteiger partial charge in [-0.2, -0.15) is 0 Å². The molecule has 0 aromatic carbocycles. The van der Waals surface area contributed by atoms with Crippen molar-refractivity contribution in [3.05, 3.63) is 0 Å². The lowest BCUT2D eigenvalue weighted by Crippen LogP contribution is -2.60. The van der Waals surface area contributed by atoms with Gasteiger partial charge in [-0.25, -0.2) is 0 Å². The van der Waals surface area contributed by atoms with E-state index in [1.165, 1.54) is 6.42 Å². The average molecular weight is 213 g/mol. The molecule has 3 nitrogen and oxygen atoms in total. The van der Waals surface area contributed by atoms with Crippen molar-refractivity contribution < 1.29 is 9.47 Å². The molecular weight excluding hydrogens is 190 g/mol. The third-order valence-corrected chi connectivity index (χ3v) is 4.08. The SMILES string of the molecule is CNC1CC(OCC2CCOC2)C1(C)C. The Kier molecular flexibility index (Phi) is 3.33. The van der Waals surface area contributed by atoms with Crippen LogP contribution >= 0.6 is 0 Å². The third-order valence-electron chi connectivity index (χ3n) is 4.08. The molecule has 2 fully saturated rings. The van der Waals surface area contributed by atoms with Gasteiger partial charge in [-0.1, -0.05) is 13.8 Å². The van der Waals surface area contributed by atoms with E-state index in [2.05, 4.69) is 19.2 Å². The second kappa shape index (κ2) is 4.40. The first kappa shape index (κ1) is 11.4. The summed E-state index contributed by atoms with van der Waals surface area (Å²) in [7, 11) is 2.04. The summed E-state index contributed by atoms with van der Waals surface area (Å²) in [5, 5.41) is 3.34. The monoisotopic (exact) mass is 213 g/mol. The Morgan fingerprint density at radius 3 is 2.80 bits per heavy atom. The van der Waals surface area contributed by atoms with Crippen LogP contribution in [0.3, 0.4) is 0 Å². The Bertz CT molecular complexity index is 212. The van der Waals surface area contributed by atoms with Crippen LogP contribution in [0.2, 0.25) is 0 Å². The van der Waals surface area contributed by atoms with E-state index >= 15 is 0 Å². The summed E-state index contributed by atoms with van der Waals surface area (Å²) in [4.78, 5) is 0. The fourth-order valence-electron chi connectivity index (χ4n) is 2.63. The molecule has 0 amide bonds. The minimum Gasteiger partial charge on any atom is -0.381 e. The standard InChI is InChI=1S/C12H23NO2/c1-12(2)10(13-3)6-11(12)15-8-9-4-5-14-7-9/h9-11,13H,4-8H2,1-3H3. The molecule has 2 rings (SSSR count). The van der Waals surface area contributed by atoms with Crippen LogP contribution in [0.15, 0.2) is 0 Å². The zero-order chi connectivity index (χ0) is 10.9. The first-order valence-electron chi connectivity index (χ1n) is 6.01. The molecule has 1 aliphatic carbocycles. The molecule has 0 radical (unpaired) electrons. The van der Waals surface area contributed by atoms with Gasteiger partial charge in [-0.05, 0) is 19.9 Å². The van der Waals surface area contributed by atoms with Gasteiger partial charge in [0.25, 0.3) is 0 Å². The molecule has 3 unspecified atom stereocenters. The predicted molar refractivity (Wildman–Crippen MR) is 59.9 cm³/mol. The topological polar surface area (TPSA) is 30.5 Å².